The minimum absolute atomic E-state index is 0.799. The highest BCUT2D eigenvalue weighted by atomic mass is 19.5. The van der Waals surface area contributed by atoms with Crippen LogP contribution in [0.4, 0.5) is 17.3 Å². The van der Waals surface area contributed by atoms with Crippen LogP contribution >= 0.6 is 0 Å². The van der Waals surface area contributed by atoms with Gasteiger partial charge < -0.3 is 22.2 Å². The molecule has 0 saturated heterocycles. The van der Waals surface area contributed by atoms with Crippen molar-refractivity contribution >= 4 is 7.25 Å². The van der Waals surface area contributed by atoms with Gasteiger partial charge in [-0.05, 0) is 39.5 Å². The third kappa shape index (κ3) is 48.3. The molecule has 1 N–H and O–H groups in total. The Morgan fingerprint density at radius 2 is 0.489 bits per heavy atom. The van der Waals surface area contributed by atoms with Gasteiger partial charge >= 0.3 is 7.25 Å². The van der Waals surface area contributed by atoms with Gasteiger partial charge in [0, 0.05) is 0 Å². The number of halogens is 4. The molecule has 0 aliphatic rings. The van der Waals surface area contributed by atoms with Gasteiger partial charge in [0.2, 0.25) is 0 Å². The summed E-state index contributed by atoms with van der Waals surface area (Å²) in [7, 11) is -6.00. The molecule has 0 atom stereocenters. The molecule has 45 heavy (non-hydrogen) atoms. The first-order chi connectivity index (χ1) is 21.7. The lowest BCUT2D eigenvalue weighted by molar-refractivity contribution is -0.922. The fraction of sp³-hybridized carbons (Fsp3) is 1.00. The van der Waals surface area contributed by atoms with Gasteiger partial charge in [0.15, 0.2) is 0 Å². The molecule has 0 aliphatic heterocycles. The van der Waals surface area contributed by atoms with E-state index in [0.717, 1.165) is 6.04 Å². The topological polar surface area (TPSA) is 4.44 Å². The van der Waals surface area contributed by atoms with Crippen LogP contribution in [0.3, 0.4) is 0 Å². The van der Waals surface area contributed by atoms with Gasteiger partial charge in [0.25, 0.3) is 0 Å². The van der Waals surface area contributed by atoms with Crippen molar-refractivity contribution in [2.75, 3.05) is 13.1 Å². The Morgan fingerprint density at radius 3 is 0.644 bits per heavy atom. The molecule has 274 valence electrons. The monoisotopic (exact) mass is 652 g/mol. The highest BCUT2D eigenvalue weighted by Crippen LogP contribution is 2.15. The third-order valence-corrected chi connectivity index (χ3v) is 9.52. The van der Waals surface area contributed by atoms with E-state index in [-0.39, 0.29) is 0 Å². The normalized spacial score (nSPS) is 11.9. The summed E-state index contributed by atoms with van der Waals surface area (Å²) in [5.74, 6) is 0. The van der Waals surface area contributed by atoms with Crippen LogP contribution in [0, 0.1) is 0 Å². The zero-order valence-electron chi connectivity index (χ0n) is 31.2. The van der Waals surface area contributed by atoms with E-state index in [1.807, 2.05) is 4.90 Å². The Hall–Kier alpha value is -0.255. The van der Waals surface area contributed by atoms with Gasteiger partial charge in [-0.25, -0.2) is 0 Å². The summed E-state index contributed by atoms with van der Waals surface area (Å²) in [6, 6.07) is 0.799. The lowest BCUT2D eigenvalue weighted by atomic mass is 10.0. The molecule has 0 radical (unpaired) electrons. The molecule has 0 aromatic heterocycles. The molecule has 0 aromatic carbocycles. The summed E-state index contributed by atoms with van der Waals surface area (Å²) < 4.78 is 39.0. The Kier molecular flexibility index (Phi) is 39.8. The molecule has 0 fully saturated rings. The van der Waals surface area contributed by atoms with E-state index in [1.165, 1.54) is 219 Å². The van der Waals surface area contributed by atoms with Crippen LogP contribution in [0.2, 0.25) is 0 Å². The predicted octanol–water partition coefficient (Wildman–Crippen LogP) is 14.1. The highest BCUT2D eigenvalue weighted by molar-refractivity contribution is 6.50. The van der Waals surface area contributed by atoms with Gasteiger partial charge in [-0.15, -0.1) is 0 Å². The molecule has 0 unspecified atom stereocenters. The molecule has 6 heteroatoms. The summed E-state index contributed by atoms with van der Waals surface area (Å²) >= 11 is 0. The van der Waals surface area contributed by atoms with Crippen LogP contribution in [0.1, 0.15) is 233 Å². The maximum absolute atomic E-state index is 9.75. The largest absolute Gasteiger partial charge is 0.673 e. The summed E-state index contributed by atoms with van der Waals surface area (Å²) in [6.07, 6.45) is 47.0. The molecule has 0 rings (SSSR count). The maximum atomic E-state index is 9.75. The number of unbranched alkanes of at least 4 members (excludes halogenated alkanes) is 30. The van der Waals surface area contributed by atoms with E-state index in [2.05, 4.69) is 27.7 Å². The average molecular weight is 652 g/mol. The molecule has 0 spiro atoms. The van der Waals surface area contributed by atoms with Gasteiger partial charge in [-0.3, -0.25) is 0 Å². The first-order valence-electron chi connectivity index (χ1n) is 20.4. The number of hydrogen-bond acceptors (Lipinski definition) is 0. The molecular weight excluding hydrogens is 569 g/mol. The third-order valence-electron chi connectivity index (χ3n) is 9.52. The fourth-order valence-corrected chi connectivity index (χ4v) is 6.50. The molecule has 0 aliphatic carbocycles. The van der Waals surface area contributed by atoms with E-state index >= 15 is 0 Å². The molecule has 0 aromatic rings. The maximum Gasteiger partial charge on any atom is 0.673 e. The van der Waals surface area contributed by atoms with Gasteiger partial charge in [-0.2, -0.15) is 0 Å². The second kappa shape index (κ2) is 38.2. The van der Waals surface area contributed by atoms with Crippen molar-refractivity contribution in [1.29, 1.82) is 0 Å². The van der Waals surface area contributed by atoms with E-state index < -0.39 is 7.25 Å². The van der Waals surface area contributed by atoms with E-state index in [9.17, 15) is 17.3 Å². The molecule has 0 heterocycles. The molecule has 1 nitrogen and oxygen atoms in total. The van der Waals surface area contributed by atoms with Crippen molar-refractivity contribution in [3.63, 3.8) is 0 Å². The van der Waals surface area contributed by atoms with Crippen molar-refractivity contribution < 1.29 is 22.2 Å². The zero-order valence-corrected chi connectivity index (χ0v) is 31.2. The summed E-state index contributed by atoms with van der Waals surface area (Å²) in [5, 5.41) is 0. The van der Waals surface area contributed by atoms with Crippen molar-refractivity contribution in [2.45, 2.75) is 239 Å². The van der Waals surface area contributed by atoms with Crippen LogP contribution in [0.15, 0.2) is 0 Å². The second-order valence-electron chi connectivity index (χ2n) is 14.4. The Bertz CT molecular complexity index is 488. The summed E-state index contributed by atoms with van der Waals surface area (Å²) in [4.78, 5) is 1.87. The predicted molar refractivity (Wildman–Crippen MR) is 195 cm³/mol. The van der Waals surface area contributed by atoms with Crippen LogP contribution < -0.4 is 4.90 Å². The smallest absolute Gasteiger partial charge is 0.418 e. The van der Waals surface area contributed by atoms with Crippen molar-refractivity contribution in [3.05, 3.63) is 0 Å². The summed E-state index contributed by atoms with van der Waals surface area (Å²) in [5.41, 5.74) is 0. The zero-order chi connectivity index (χ0) is 33.7. The Balaban J connectivity index is 0. The van der Waals surface area contributed by atoms with Gasteiger partial charge in [-0.1, -0.05) is 194 Å². The van der Waals surface area contributed by atoms with Crippen molar-refractivity contribution in [3.8, 4) is 0 Å². The van der Waals surface area contributed by atoms with Crippen LogP contribution in [0.25, 0.3) is 0 Å². The van der Waals surface area contributed by atoms with Gasteiger partial charge in [0.05, 0.1) is 19.1 Å². The van der Waals surface area contributed by atoms with Crippen LogP contribution in [0.5, 0.6) is 0 Å². The quantitative estimate of drug-likeness (QED) is 0.0395. The number of quaternary nitrogens is 1. The van der Waals surface area contributed by atoms with Crippen molar-refractivity contribution in [2.24, 2.45) is 0 Å². The average Bonchev–Trinajstić information content (AvgIpc) is 2.98. The first-order valence-corrected chi connectivity index (χ1v) is 20.4. The molecule has 0 saturated carbocycles. The summed E-state index contributed by atoms with van der Waals surface area (Å²) in [6.45, 7) is 12.3. The van der Waals surface area contributed by atoms with Crippen LogP contribution in [-0.4, -0.2) is 26.4 Å². The molecule has 0 bridgehead atoms. The fourth-order valence-electron chi connectivity index (χ4n) is 6.50. The number of hydrogen-bond donors (Lipinski definition) is 1. The Labute approximate surface area is 281 Å². The number of nitrogens with one attached hydrogen (secondary N) is 1. The van der Waals surface area contributed by atoms with Gasteiger partial charge in [0.1, 0.15) is 0 Å². The molecular formula is C39H82BF4N. The lowest BCUT2D eigenvalue weighted by Crippen LogP contribution is -3.15. The Morgan fingerprint density at radius 1 is 0.333 bits per heavy atom. The standard InChI is InChI=1S/C39H81N.BF4/c1-5-7-9-11-13-15-17-19-21-23-25-27-29-31-33-35-37-40(39(3)4)38-36-34-32-30-28-26-24-22-20-18-16-14-12-10-8-6-2;2-1(3,4)5/h39H,5-38H2,1-4H3;/q;-1/p+1. The second-order valence-corrected chi connectivity index (χ2v) is 14.4. The molecule has 0 amide bonds. The number of rotatable bonds is 35. The van der Waals surface area contributed by atoms with E-state index in [4.69, 9.17) is 0 Å². The van der Waals surface area contributed by atoms with E-state index in [0.29, 0.717) is 0 Å². The highest BCUT2D eigenvalue weighted by Gasteiger charge is 2.20. The lowest BCUT2D eigenvalue weighted by Gasteiger charge is -2.23. The van der Waals surface area contributed by atoms with E-state index in [1.54, 1.807) is 0 Å². The minimum Gasteiger partial charge on any atom is -0.418 e. The first kappa shape index (κ1) is 46.9. The van der Waals surface area contributed by atoms with Crippen LogP contribution in [-0.2, 0) is 0 Å². The van der Waals surface area contributed by atoms with Crippen molar-refractivity contribution in [1.82, 2.24) is 0 Å². The SMILES string of the molecule is CCCCCCCCCCCCCCCCCC[NH+](CCCCCCCCCCCCCCCCCC)C(C)C.F[B-](F)(F)F. The minimum atomic E-state index is -6.00.